The molecule has 4 aromatic rings. The Kier molecular flexibility index (Phi) is 9.35. The minimum absolute atomic E-state index is 0.109. The zero-order valence-electron chi connectivity index (χ0n) is 23.5. The molecule has 0 bridgehead atoms. The highest BCUT2D eigenvalue weighted by molar-refractivity contribution is 7.93. The molecule has 1 saturated carbocycles. The maximum Gasteiger partial charge on any atom is 0.230 e. The molecule has 4 nitrogen and oxygen atoms in total. The van der Waals surface area contributed by atoms with Crippen molar-refractivity contribution in [2.45, 2.75) is 58.5 Å². The normalized spacial score (nSPS) is 14.5. The lowest BCUT2D eigenvalue weighted by molar-refractivity contribution is 0.0116. The molecule has 0 amide bonds. The first-order chi connectivity index (χ1) is 19.2. The maximum atomic E-state index is 14.2. The van der Waals surface area contributed by atoms with Crippen LogP contribution in [0.25, 0.3) is 0 Å². The zero-order chi connectivity index (χ0) is 28.8. The molecule has 5 heteroatoms. The molecule has 206 valence electrons. The van der Waals surface area contributed by atoms with Gasteiger partial charge >= 0.3 is 0 Å². The first-order valence-electron chi connectivity index (χ1n) is 13.8. The number of aryl methyl sites for hydroxylation is 3. The minimum atomic E-state index is -3.44. The van der Waals surface area contributed by atoms with Crippen molar-refractivity contribution in [2.75, 3.05) is 0 Å². The number of Topliss-reactive ketones (excluding diaryl/α,β-unsaturated/α-hetero) is 1. The molecule has 0 spiro atoms. The predicted molar refractivity (Wildman–Crippen MR) is 164 cm³/mol. The van der Waals surface area contributed by atoms with Crippen LogP contribution in [0.3, 0.4) is 0 Å². The summed E-state index contributed by atoms with van der Waals surface area (Å²) in [6.07, 6.45) is 4.26. The van der Waals surface area contributed by atoms with Crippen LogP contribution >= 0.6 is 7.14 Å². The van der Waals surface area contributed by atoms with Crippen LogP contribution in [-0.4, -0.2) is 22.0 Å². The van der Waals surface area contributed by atoms with Gasteiger partial charge < -0.3 is 9.67 Å². The number of hydrogen-bond donors (Lipinski definition) is 1. The molecule has 5 rings (SSSR count). The number of carbonyl (C=O) groups is 2. The van der Waals surface area contributed by atoms with E-state index in [1.165, 1.54) is 0 Å². The molecule has 0 saturated heterocycles. The Balaban J connectivity index is 0.000000210. The second-order valence-electron chi connectivity index (χ2n) is 10.6. The van der Waals surface area contributed by atoms with Crippen molar-refractivity contribution in [1.82, 2.24) is 0 Å². The lowest BCUT2D eigenvalue weighted by Crippen LogP contribution is -2.40. The third kappa shape index (κ3) is 6.25. The molecule has 1 N–H and O–H groups in total. The average molecular weight is 553 g/mol. The highest BCUT2D eigenvalue weighted by atomic mass is 31.2. The molecular formula is C35H37O4P. The van der Waals surface area contributed by atoms with Gasteiger partial charge in [-0.1, -0.05) is 128 Å². The third-order valence-corrected chi connectivity index (χ3v) is 10.4. The van der Waals surface area contributed by atoms with Gasteiger partial charge in [0.15, 0.2) is 5.78 Å². The highest BCUT2D eigenvalue weighted by Gasteiger charge is 2.38. The second-order valence-corrected chi connectivity index (χ2v) is 13.3. The molecule has 0 aromatic heterocycles. The summed E-state index contributed by atoms with van der Waals surface area (Å²) in [7, 11) is -3.44. The van der Waals surface area contributed by atoms with Crippen LogP contribution in [0.5, 0.6) is 0 Å². The van der Waals surface area contributed by atoms with Gasteiger partial charge in [-0.15, -0.1) is 0 Å². The number of hydrogen-bond acceptors (Lipinski definition) is 4. The van der Waals surface area contributed by atoms with Crippen molar-refractivity contribution in [3.63, 3.8) is 0 Å². The fourth-order valence-electron chi connectivity index (χ4n) is 5.56. The highest BCUT2D eigenvalue weighted by Crippen LogP contribution is 2.48. The summed E-state index contributed by atoms with van der Waals surface area (Å²) in [5.41, 5.74) is 2.65. The standard InChI is InChI=1S/C22H21O2P.C13H16O2/c1-16-14-17(2)21(18(3)15-16)22(23)25(24,19-10-6-4-7-11-19)20-12-8-5-9-13-20;14-12(11-7-3-1-4-8-11)13(15)9-5-2-6-10-13/h4-15H,1-3H3;1,3-4,7-8,15H,2,5-6,9-10H2. The predicted octanol–water partition coefficient (Wildman–Crippen LogP) is 7.33. The van der Waals surface area contributed by atoms with Gasteiger partial charge in [-0.2, -0.15) is 0 Å². The van der Waals surface area contributed by atoms with E-state index in [2.05, 4.69) is 0 Å². The van der Waals surface area contributed by atoms with Crippen LogP contribution in [0.1, 0.15) is 69.5 Å². The summed E-state index contributed by atoms with van der Waals surface area (Å²) >= 11 is 0. The van der Waals surface area contributed by atoms with Crippen LogP contribution in [0.2, 0.25) is 0 Å². The zero-order valence-corrected chi connectivity index (χ0v) is 24.4. The SMILES string of the molecule is Cc1cc(C)c(C(=O)P(=O)(c2ccccc2)c2ccccc2)c(C)c1.O=C(c1ccccc1)C1(O)CCCCC1. The Hall–Kier alpha value is -3.59. The Morgan fingerprint density at radius 3 is 1.55 bits per heavy atom. The van der Waals surface area contributed by atoms with Gasteiger partial charge in [0.05, 0.1) is 0 Å². The largest absolute Gasteiger partial charge is 0.382 e. The third-order valence-electron chi connectivity index (χ3n) is 7.56. The van der Waals surface area contributed by atoms with Gasteiger partial charge in [-0.05, 0) is 44.7 Å². The maximum absolute atomic E-state index is 14.2. The lowest BCUT2D eigenvalue weighted by atomic mass is 9.79. The minimum Gasteiger partial charge on any atom is -0.382 e. The quantitative estimate of drug-likeness (QED) is 0.201. The summed E-state index contributed by atoms with van der Waals surface area (Å²) in [5, 5.41) is 11.4. The van der Waals surface area contributed by atoms with Crippen molar-refractivity contribution in [2.24, 2.45) is 0 Å². The monoisotopic (exact) mass is 552 g/mol. The van der Waals surface area contributed by atoms with Crippen molar-refractivity contribution in [3.05, 3.63) is 131 Å². The first-order valence-corrected chi connectivity index (χ1v) is 15.5. The molecule has 1 aliphatic rings. The summed E-state index contributed by atoms with van der Waals surface area (Å²) in [6, 6.07) is 31.2. The van der Waals surface area contributed by atoms with Gasteiger partial charge in [0.1, 0.15) is 5.60 Å². The Morgan fingerprint density at radius 1 is 0.675 bits per heavy atom. The molecule has 0 atom stereocenters. The topological polar surface area (TPSA) is 71.4 Å². The number of rotatable bonds is 6. The molecule has 40 heavy (non-hydrogen) atoms. The number of carbonyl (C=O) groups excluding carboxylic acids is 2. The van der Waals surface area contributed by atoms with Gasteiger partial charge in [0, 0.05) is 21.7 Å². The molecular weight excluding hydrogens is 515 g/mol. The molecule has 0 heterocycles. The average Bonchev–Trinajstić information content (AvgIpc) is 2.98. The Morgan fingerprint density at radius 2 is 1.10 bits per heavy atom. The fraction of sp³-hybridized carbons (Fsp3) is 0.257. The van der Waals surface area contributed by atoms with Crippen molar-refractivity contribution >= 4 is 29.1 Å². The van der Waals surface area contributed by atoms with E-state index in [-0.39, 0.29) is 11.3 Å². The molecule has 1 fully saturated rings. The number of ketones is 1. The van der Waals surface area contributed by atoms with Crippen LogP contribution in [0.4, 0.5) is 0 Å². The van der Waals surface area contributed by atoms with E-state index in [0.717, 1.165) is 36.0 Å². The molecule has 0 radical (unpaired) electrons. The summed E-state index contributed by atoms with van der Waals surface area (Å²) < 4.78 is 14.2. The second kappa shape index (κ2) is 12.7. The molecule has 4 aromatic carbocycles. The van der Waals surface area contributed by atoms with E-state index in [4.69, 9.17) is 0 Å². The van der Waals surface area contributed by atoms with E-state index in [0.29, 0.717) is 34.6 Å². The van der Waals surface area contributed by atoms with Crippen molar-refractivity contribution < 1.29 is 19.3 Å². The van der Waals surface area contributed by atoms with Crippen LogP contribution < -0.4 is 10.6 Å². The van der Waals surface area contributed by atoms with E-state index in [1.54, 1.807) is 36.4 Å². The lowest BCUT2D eigenvalue weighted by Gasteiger charge is -2.30. The smallest absolute Gasteiger partial charge is 0.230 e. The van der Waals surface area contributed by atoms with E-state index >= 15 is 0 Å². The fourth-order valence-corrected chi connectivity index (χ4v) is 8.17. The van der Waals surface area contributed by atoms with E-state index in [1.807, 2.05) is 87.5 Å². The van der Waals surface area contributed by atoms with Gasteiger partial charge in [-0.3, -0.25) is 9.59 Å². The van der Waals surface area contributed by atoms with Crippen molar-refractivity contribution in [3.8, 4) is 0 Å². The van der Waals surface area contributed by atoms with Crippen LogP contribution in [0, 0.1) is 20.8 Å². The molecule has 0 aliphatic heterocycles. The van der Waals surface area contributed by atoms with Gasteiger partial charge in [-0.25, -0.2) is 0 Å². The summed E-state index contributed by atoms with van der Waals surface area (Å²) in [6.45, 7) is 5.82. The number of benzene rings is 4. The molecule has 0 unspecified atom stereocenters. The number of aliphatic hydroxyl groups is 1. The first kappa shape index (κ1) is 29.4. The van der Waals surface area contributed by atoms with E-state index < -0.39 is 12.7 Å². The molecule has 1 aliphatic carbocycles. The Bertz CT molecular complexity index is 1440. The van der Waals surface area contributed by atoms with Crippen LogP contribution in [-0.2, 0) is 4.57 Å². The summed E-state index contributed by atoms with van der Waals surface area (Å²) in [4.78, 5) is 25.6. The van der Waals surface area contributed by atoms with Crippen molar-refractivity contribution in [1.29, 1.82) is 0 Å². The Labute approximate surface area is 237 Å². The van der Waals surface area contributed by atoms with Crippen LogP contribution in [0.15, 0.2) is 103 Å². The summed E-state index contributed by atoms with van der Waals surface area (Å²) in [5.74, 6) is -0.109. The van der Waals surface area contributed by atoms with Gasteiger partial charge in [0.25, 0.3) is 0 Å². The van der Waals surface area contributed by atoms with Gasteiger partial charge in [0.2, 0.25) is 12.7 Å². The van der Waals surface area contributed by atoms with E-state index in [9.17, 15) is 19.3 Å².